The van der Waals surface area contributed by atoms with E-state index in [1.807, 2.05) is 45.9 Å². The molecular weight excluding hydrogens is 214 g/mol. The number of carbonyl (C=O) groups is 1. The van der Waals surface area contributed by atoms with Crippen molar-refractivity contribution in [2.24, 2.45) is 11.8 Å². The van der Waals surface area contributed by atoms with E-state index in [2.05, 4.69) is 5.32 Å². The topological polar surface area (TPSA) is 38.3 Å². The van der Waals surface area contributed by atoms with E-state index in [1.165, 1.54) is 0 Å². The van der Waals surface area contributed by atoms with E-state index >= 15 is 0 Å². The van der Waals surface area contributed by atoms with Crippen molar-refractivity contribution in [2.45, 2.75) is 27.7 Å². The molecule has 0 bridgehead atoms. The molecule has 1 unspecified atom stereocenters. The van der Waals surface area contributed by atoms with Gasteiger partial charge in [-0.05, 0) is 25.3 Å². The van der Waals surface area contributed by atoms with Crippen LogP contribution < -0.4 is 5.32 Å². The van der Waals surface area contributed by atoms with Crippen LogP contribution in [0.1, 0.15) is 27.7 Å². The lowest BCUT2D eigenvalue weighted by atomic mass is 9.96. The lowest BCUT2D eigenvalue weighted by Gasteiger charge is -2.19. The second kappa shape index (κ2) is 8.99. The number of carbonyl (C=O) groups excluding carboxylic acids is 1. The van der Waals surface area contributed by atoms with Crippen molar-refractivity contribution in [1.82, 2.24) is 5.32 Å². The summed E-state index contributed by atoms with van der Waals surface area (Å²) in [6.45, 7) is 9.05. The molecule has 98 valence electrons. The molecule has 3 heteroatoms. The summed E-state index contributed by atoms with van der Waals surface area (Å²) in [6.07, 6.45) is 5.97. The first-order chi connectivity index (χ1) is 8.06. The van der Waals surface area contributed by atoms with Gasteiger partial charge in [-0.3, -0.25) is 4.79 Å². The van der Waals surface area contributed by atoms with Gasteiger partial charge in [0.2, 0.25) is 5.91 Å². The third-order valence-corrected chi connectivity index (χ3v) is 2.71. The molecule has 0 spiro atoms. The Morgan fingerprint density at radius 2 is 2.00 bits per heavy atom. The Kier molecular flexibility index (Phi) is 8.42. The van der Waals surface area contributed by atoms with Gasteiger partial charge in [0.05, 0.1) is 12.5 Å². The summed E-state index contributed by atoms with van der Waals surface area (Å²) in [7, 11) is 1.62. The van der Waals surface area contributed by atoms with Crippen molar-refractivity contribution in [3.63, 3.8) is 0 Å². The quantitative estimate of drug-likeness (QED) is 0.693. The molecule has 0 aliphatic heterocycles. The summed E-state index contributed by atoms with van der Waals surface area (Å²) in [4.78, 5) is 12.0. The van der Waals surface area contributed by atoms with Gasteiger partial charge in [0, 0.05) is 13.7 Å². The molecule has 0 saturated heterocycles. The van der Waals surface area contributed by atoms with Gasteiger partial charge in [-0.15, -0.1) is 0 Å². The second-order valence-corrected chi connectivity index (χ2v) is 4.39. The van der Waals surface area contributed by atoms with Crippen LogP contribution >= 0.6 is 0 Å². The van der Waals surface area contributed by atoms with E-state index in [0.29, 0.717) is 13.2 Å². The molecule has 0 rings (SSSR count). The number of nitrogens with one attached hydrogen (secondary N) is 1. The molecule has 1 amide bonds. The highest BCUT2D eigenvalue weighted by molar-refractivity contribution is 5.79. The summed E-state index contributed by atoms with van der Waals surface area (Å²) < 4.78 is 5.08. The fourth-order valence-corrected chi connectivity index (χ4v) is 1.54. The van der Waals surface area contributed by atoms with Crippen molar-refractivity contribution in [2.75, 3.05) is 20.3 Å². The van der Waals surface area contributed by atoms with Crippen molar-refractivity contribution in [3.8, 4) is 0 Å². The minimum atomic E-state index is -0.0799. The number of allylic oxidation sites excluding steroid dienone is 2. The number of amides is 1. The van der Waals surface area contributed by atoms with Gasteiger partial charge in [0.25, 0.3) is 0 Å². The van der Waals surface area contributed by atoms with Gasteiger partial charge in [-0.1, -0.05) is 32.1 Å². The minimum absolute atomic E-state index is 0.0608. The van der Waals surface area contributed by atoms with Crippen LogP contribution in [0.4, 0.5) is 0 Å². The molecule has 17 heavy (non-hydrogen) atoms. The summed E-state index contributed by atoms with van der Waals surface area (Å²) in [5.41, 5.74) is 1.11. The lowest BCUT2D eigenvalue weighted by Crippen LogP contribution is -2.36. The minimum Gasteiger partial charge on any atom is -0.384 e. The first kappa shape index (κ1) is 15.9. The molecular formula is C14H25NO2. The maximum Gasteiger partial charge on any atom is 0.225 e. The number of hydrogen-bond acceptors (Lipinski definition) is 2. The normalized spacial score (nSPS) is 14.4. The number of ether oxygens (including phenoxy) is 1. The van der Waals surface area contributed by atoms with Gasteiger partial charge in [0.15, 0.2) is 0 Å². The molecule has 3 nitrogen and oxygen atoms in total. The monoisotopic (exact) mass is 239 g/mol. The Bertz CT molecular complexity index is 280. The van der Waals surface area contributed by atoms with Crippen molar-refractivity contribution < 1.29 is 9.53 Å². The first-order valence-corrected chi connectivity index (χ1v) is 6.11. The standard InChI is InChI=1S/C14H25NO2/c1-6-8-12(7-2)9-15-14(16)13(10-17-5)11(3)4/h6-8,11,13H,9-10H2,1-5H3,(H,15,16)/b8-6-,12-7+. The molecule has 0 aromatic heterocycles. The molecule has 0 heterocycles. The van der Waals surface area contributed by atoms with Gasteiger partial charge < -0.3 is 10.1 Å². The Hall–Kier alpha value is -1.09. The molecule has 0 radical (unpaired) electrons. The summed E-state index contributed by atoms with van der Waals surface area (Å²) in [5.74, 6) is 0.264. The molecule has 0 aliphatic carbocycles. The molecule has 0 aromatic carbocycles. The predicted molar refractivity (Wildman–Crippen MR) is 71.8 cm³/mol. The summed E-state index contributed by atoms with van der Waals surface area (Å²) >= 11 is 0. The molecule has 0 fully saturated rings. The van der Waals surface area contributed by atoms with E-state index in [9.17, 15) is 4.79 Å². The zero-order valence-corrected chi connectivity index (χ0v) is 11.6. The number of hydrogen-bond donors (Lipinski definition) is 1. The predicted octanol–water partition coefficient (Wildman–Crippen LogP) is 2.54. The van der Waals surface area contributed by atoms with E-state index in [4.69, 9.17) is 4.74 Å². The maximum atomic E-state index is 12.0. The van der Waals surface area contributed by atoms with Gasteiger partial charge in [-0.2, -0.15) is 0 Å². The zero-order valence-electron chi connectivity index (χ0n) is 11.6. The van der Waals surface area contributed by atoms with Crippen molar-refractivity contribution in [1.29, 1.82) is 0 Å². The average molecular weight is 239 g/mol. The summed E-state index contributed by atoms with van der Waals surface area (Å²) in [6, 6.07) is 0. The van der Waals surface area contributed by atoms with Crippen molar-refractivity contribution in [3.05, 3.63) is 23.8 Å². The number of methoxy groups -OCH3 is 1. The van der Waals surface area contributed by atoms with Crippen molar-refractivity contribution >= 4 is 5.91 Å². The molecule has 0 aromatic rings. The maximum absolute atomic E-state index is 12.0. The highest BCUT2D eigenvalue weighted by Gasteiger charge is 2.21. The Morgan fingerprint density at radius 3 is 2.41 bits per heavy atom. The van der Waals surface area contributed by atoms with Crippen LogP contribution in [-0.2, 0) is 9.53 Å². The van der Waals surface area contributed by atoms with Gasteiger partial charge in [0.1, 0.15) is 0 Å². The lowest BCUT2D eigenvalue weighted by molar-refractivity contribution is -0.128. The van der Waals surface area contributed by atoms with Crippen LogP contribution in [0.25, 0.3) is 0 Å². The van der Waals surface area contributed by atoms with Gasteiger partial charge in [-0.25, -0.2) is 0 Å². The van der Waals surface area contributed by atoms with Crippen LogP contribution in [0.3, 0.4) is 0 Å². The van der Waals surface area contributed by atoms with Crippen LogP contribution in [-0.4, -0.2) is 26.2 Å². The third-order valence-electron chi connectivity index (χ3n) is 2.71. The molecule has 1 atom stereocenters. The fraction of sp³-hybridized carbons (Fsp3) is 0.643. The molecule has 1 N–H and O–H groups in total. The number of rotatable bonds is 7. The average Bonchev–Trinajstić information content (AvgIpc) is 2.30. The Labute approximate surface area is 105 Å². The molecule has 0 saturated carbocycles. The van der Waals surface area contributed by atoms with Crippen LogP contribution in [0.15, 0.2) is 23.8 Å². The second-order valence-electron chi connectivity index (χ2n) is 4.39. The fourth-order valence-electron chi connectivity index (χ4n) is 1.54. The zero-order chi connectivity index (χ0) is 13.3. The third kappa shape index (κ3) is 6.27. The Morgan fingerprint density at radius 1 is 1.35 bits per heavy atom. The Balaban J connectivity index is 4.32. The SMILES string of the molecule is C/C=C\C(=C/C)CNC(=O)C(COC)C(C)C. The van der Waals surface area contributed by atoms with Crippen LogP contribution in [0.2, 0.25) is 0 Å². The first-order valence-electron chi connectivity index (χ1n) is 6.11. The highest BCUT2D eigenvalue weighted by Crippen LogP contribution is 2.11. The summed E-state index contributed by atoms with van der Waals surface area (Å²) in [5, 5.41) is 2.95. The van der Waals surface area contributed by atoms with E-state index < -0.39 is 0 Å². The van der Waals surface area contributed by atoms with E-state index in [0.717, 1.165) is 5.57 Å². The van der Waals surface area contributed by atoms with Crippen LogP contribution in [0.5, 0.6) is 0 Å². The smallest absolute Gasteiger partial charge is 0.225 e. The highest BCUT2D eigenvalue weighted by atomic mass is 16.5. The van der Waals surface area contributed by atoms with E-state index in [-0.39, 0.29) is 17.7 Å². The van der Waals surface area contributed by atoms with Gasteiger partial charge >= 0.3 is 0 Å². The van der Waals surface area contributed by atoms with Crippen LogP contribution in [0, 0.1) is 11.8 Å². The molecule has 0 aliphatic rings. The van der Waals surface area contributed by atoms with E-state index in [1.54, 1.807) is 7.11 Å². The largest absolute Gasteiger partial charge is 0.384 e.